The molecule has 0 aromatic heterocycles. The Bertz CT molecular complexity index is 178. The molecule has 2 aliphatic rings. The predicted octanol–water partition coefficient (Wildman–Crippen LogP) is 3.19. The van der Waals surface area contributed by atoms with Gasteiger partial charge in [0, 0.05) is 0 Å². The van der Waals surface area contributed by atoms with E-state index in [1.807, 2.05) is 0 Å². The number of rotatable bonds is 3. The van der Waals surface area contributed by atoms with E-state index in [9.17, 15) is 0 Å². The molecule has 0 spiro atoms. The highest BCUT2D eigenvalue weighted by atomic mass is 14.6. The van der Waals surface area contributed by atoms with Crippen LogP contribution in [-0.4, -0.2) is 6.54 Å². The largest absolute Gasteiger partial charge is 0.330 e. The fraction of sp³-hybridized carbons (Fsp3) is 1.00. The Morgan fingerprint density at radius 2 is 1.79 bits per heavy atom. The molecule has 1 nitrogen and oxygen atoms in total. The molecule has 4 unspecified atom stereocenters. The van der Waals surface area contributed by atoms with Crippen molar-refractivity contribution in [2.24, 2.45) is 29.4 Å². The maximum absolute atomic E-state index is 5.88. The highest BCUT2D eigenvalue weighted by Gasteiger charge is 2.40. The van der Waals surface area contributed by atoms with Crippen LogP contribution in [0.5, 0.6) is 0 Å². The highest BCUT2D eigenvalue weighted by Crippen LogP contribution is 2.49. The summed E-state index contributed by atoms with van der Waals surface area (Å²) in [5, 5.41) is 0. The first-order valence-electron chi connectivity index (χ1n) is 6.56. The summed E-state index contributed by atoms with van der Waals surface area (Å²) in [7, 11) is 0. The van der Waals surface area contributed by atoms with E-state index < -0.39 is 0 Å². The topological polar surface area (TPSA) is 26.0 Å². The lowest BCUT2D eigenvalue weighted by atomic mass is 9.71. The summed E-state index contributed by atoms with van der Waals surface area (Å²) in [6, 6.07) is 0. The molecule has 0 amide bonds. The Morgan fingerprint density at radius 1 is 1.00 bits per heavy atom. The molecular formula is C13H25N. The smallest absolute Gasteiger partial charge is 0.00461 e. The first kappa shape index (κ1) is 10.5. The van der Waals surface area contributed by atoms with Gasteiger partial charge in [-0.3, -0.25) is 0 Å². The van der Waals surface area contributed by atoms with Crippen molar-refractivity contribution < 1.29 is 0 Å². The Kier molecular flexibility index (Phi) is 3.48. The second-order valence-electron chi connectivity index (χ2n) is 5.38. The minimum Gasteiger partial charge on any atom is -0.330 e. The second-order valence-corrected chi connectivity index (χ2v) is 5.38. The molecule has 0 aromatic carbocycles. The Labute approximate surface area is 88.4 Å². The normalized spacial score (nSPS) is 42.4. The molecular weight excluding hydrogens is 170 g/mol. The number of hydrogen-bond acceptors (Lipinski definition) is 1. The summed E-state index contributed by atoms with van der Waals surface area (Å²) in [6.07, 6.45) is 10.2. The zero-order chi connectivity index (χ0) is 9.97. The van der Waals surface area contributed by atoms with E-state index >= 15 is 0 Å². The molecule has 4 atom stereocenters. The van der Waals surface area contributed by atoms with Crippen LogP contribution >= 0.6 is 0 Å². The lowest BCUT2D eigenvalue weighted by Crippen LogP contribution is -2.31. The summed E-state index contributed by atoms with van der Waals surface area (Å²) in [5.41, 5.74) is 5.88. The average Bonchev–Trinajstić information content (AvgIpc) is 2.62. The van der Waals surface area contributed by atoms with Crippen molar-refractivity contribution in [3.8, 4) is 0 Å². The van der Waals surface area contributed by atoms with Crippen LogP contribution in [-0.2, 0) is 0 Å². The molecule has 2 aliphatic carbocycles. The zero-order valence-corrected chi connectivity index (χ0v) is 9.54. The summed E-state index contributed by atoms with van der Waals surface area (Å²) in [6.45, 7) is 3.27. The van der Waals surface area contributed by atoms with Gasteiger partial charge in [-0.2, -0.15) is 0 Å². The van der Waals surface area contributed by atoms with E-state index in [2.05, 4.69) is 6.92 Å². The van der Waals surface area contributed by atoms with Crippen LogP contribution < -0.4 is 5.73 Å². The molecule has 0 heterocycles. The first-order valence-corrected chi connectivity index (χ1v) is 6.56. The van der Waals surface area contributed by atoms with Gasteiger partial charge >= 0.3 is 0 Å². The molecule has 0 aliphatic heterocycles. The Morgan fingerprint density at radius 3 is 2.50 bits per heavy atom. The molecule has 82 valence electrons. The quantitative estimate of drug-likeness (QED) is 0.735. The molecule has 0 aromatic rings. The van der Waals surface area contributed by atoms with Crippen LogP contribution in [0.15, 0.2) is 0 Å². The summed E-state index contributed by atoms with van der Waals surface area (Å²) >= 11 is 0. The van der Waals surface area contributed by atoms with E-state index in [0.717, 1.165) is 30.2 Å². The van der Waals surface area contributed by atoms with Crippen LogP contribution in [0.2, 0.25) is 0 Å². The van der Waals surface area contributed by atoms with Crippen molar-refractivity contribution in [2.45, 2.75) is 51.9 Å². The molecule has 14 heavy (non-hydrogen) atoms. The number of fused-ring (bicyclic) bond motifs is 1. The molecule has 1 heteroatoms. The lowest BCUT2D eigenvalue weighted by Gasteiger charge is -2.35. The molecule has 0 saturated heterocycles. The fourth-order valence-electron chi connectivity index (χ4n) is 4.07. The zero-order valence-electron chi connectivity index (χ0n) is 9.54. The van der Waals surface area contributed by atoms with Gasteiger partial charge in [-0.25, -0.2) is 0 Å². The van der Waals surface area contributed by atoms with Crippen LogP contribution in [0.25, 0.3) is 0 Å². The van der Waals surface area contributed by atoms with Crippen molar-refractivity contribution in [2.75, 3.05) is 6.54 Å². The summed E-state index contributed by atoms with van der Waals surface area (Å²) in [4.78, 5) is 0. The first-order chi connectivity index (χ1) is 6.86. The van der Waals surface area contributed by atoms with Gasteiger partial charge in [0.25, 0.3) is 0 Å². The molecule has 2 rings (SSSR count). The monoisotopic (exact) mass is 195 g/mol. The van der Waals surface area contributed by atoms with Crippen LogP contribution in [0.1, 0.15) is 51.9 Å². The maximum atomic E-state index is 5.88. The van der Waals surface area contributed by atoms with Crippen molar-refractivity contribution >= 4 is 0 Å². The average molecular weight is 195 g/mol. The molecule has 0 radical (unpaired) electrons. The van der Waals surface area contributed by atoms with E-state index in [4.69, 9.17) is 5.73 Å². The maximum Gasteiger partial charge on any atom is -0.00461 e. The van der Waals surface area contributed by atoms with Gasteiger partial charge in [-0.1, -0.05) is 26.2 Å². The van der Waals surface area contributed by atoms with Gasteiger partial charge in [-0.05, 0) is 55.9 Å². The summed E-state index contributed by atoms with van der Waals surface area (Å²) in [5.74, 6) is 3.98. The SMILES string of the molecule is CCCC1CCC2C(CN)CCCC12. The Balaban J connectivity index is 1.97. The van der Waals surface area contributed by atoms with Crippen molar-refractivity contribution in [1.29, 1.82) is 0 Å². The number of nitrogens with two attached hydrogens (primary N) is 1. The van der Waals surface area contributed by atoms with Gasteiger partial charge in [0.1, 0.15) is 0 Å². The van der Waals surface area contributed by atoms with Crippen molar-refractivity contribution in [3.63, 3.8) is 0 Å². The Hall–Kier alpha value is -0.0400. The highest BCUT2D eigenvalue weighted by molar-refractivity contribution is 4.91. The van der Waals surface area contributed by atoms with E-state index in [1.54, 1.807) is 0 Å². The minimum atomic E-state index is 0.871. The molecule has 0 bridgehead atoms. The fourth-order valence-corrected chi connectivity index (χ4v) is 4.07. The predicted molar refractivity (Wildman–Crippen MR) is 61.0 cm³/mol. The standard InChI is InChI=1S/C13H25N/c1-2-4-10-7-8-13-11(9-14)5-3-6-12(10)13/h10-13H,2-9,14H2,1H3. The van der Waals surface area contributed by atoms with E-state index in [0.29, 0.717) is 0 Å². The van der Waals surface area contributed by atoms with Crippen molar-refractivity contribution in [3.05, 3.63) is 0 Å². The third-order valence-electron chi connectivity index (χ3n) is 4.71. The third-order valence-corrected chi connectivity index (χ3v) is 4.71. The summed E-state index contributed by atoms with van der Waals surface area (Å²) < 4.78 is 0. The van der Waals surface area contributed by atoms with Crippen LogP contribution in [0.4, 0.5) is 0 Å². The molecule has 2 N–H and O–H groups in total. The lowest BCUT2D eigenvalue weighted by molar-refractivity contribution is 0.154. The van der Waals surface area contributed by atoms with Gasteiger partial charge in [0.05, 0.1) is 0 Å². The van der Waals surface area contributed by atoms with Gasteiger partial charge in [0.2, 0.25) is 0 Å². The van der Waals surface area contributed by atoms with Gasteiger partial charge in [0.15, 0.2) is 0 Å². The third kappa shape index (κ3) is 1.84. The van der Waals surface area contributed by atoms with Gasteiger partial charge in [-0.15, -0.1) is 0 Å². The second kappa shape index (κ2) is 4.65. The number of hydrogen-bond donors (Lipinski definition) is 1. The van der Waals surface area contributed by atoms with Crippen molar-refractivity contribution in [1.82, 2.24) is 0 Å². The van der Waals surface area contributed by atoms with Crippen LogP contribution in [0, 0.1) is 23.7 Å². The molecule has 2 saturated carbocycles. The van der Waals surface area contributed by atoms with Gasteiger partial charge < -0.3 is 5.73 Å². The molecule has 2 fully saturated rings. The van der Waals surface area contributed by atoms with Crippen LogP contribution in [0.3, 0.4) is 0 Å². The van der Waals surface area contributed by atoms with E-state index in [1.165, 1.54) is 44.9 Å². The minimum absolute atomic E-state index is 0.871. The van der Waals surface area contributed by atoms with E-state index in [-0.39, 0.29) is 0 Å².